The summed E-state index contributed by atoms with van der Waals surface area (Å²) < 4.78 is 0. The summed E-state index contributed by atoms with van der Waals surface area (Å²) >= 11 is 0. The monoisotopic (exact) mass is 179 g/mol. The van der Waals surface area contributed by atoms with E-state index in [1.165, 1.54) is 31.4 Å². The van der Waals surface area contributed by atoms with Gasteiger partial charge in [-0.3, -0.25) is 0 Å². The predicted octanol–water partition coefficient (Wildman–Crippen LogP) is 1.83. The van der Waals surface area contributed by atoms with E-state index in [-0.39, 0.29) is 0 Å². The van der Waals surface area contributed by atoms with E-state index in [2.05, 4.69) is 9.97 Å². The Morgan fingerprint density at radius 3 is 2.77 bits per heavy atom. The molecule has 72 valence electrons. The van der Waals surface area contributed by atoms with Gasteiger partial charge in [0.05, 0.1) is 11.4 Å². The summed E-state index contributed by atoms with van der Waals surface area (Å²) in [4.78, 5) is 7.76. The number of nitrogens with one attached hydrogen (secondary N) is 1. The summed E-state index contributed by atoms with van der Waals surface area (Å²) in [7, 11) is 0. The number of nitrogens with zero attached hydrogens (tertiary/aromatic N) is 1. The average Bonchev–Trinajstić information content (AvgIpc) is 2.71. The number of aromatic amines is 1. The average molecular weight is 179 g/mol. The van der Waals surface area contributed by atoms with Crippen LogP contribution in [0.4, 0.5) is 0 Å². The molecular formula is C10H17N3. The molecule has 3 nitrogen and oxygen atoms in total. The molecule has 0 radical (unpaired) electrons. The Kier molecular flexibility index (Phi) is 2.36. The third kappa shape index (κ3) is 1.61. The molecule has 0 saturated heterocycles. The minimum Gasteiger partial charge on any atom is -0.345 e. The molecular weight excluding hydrogens is 162 g/mol. The third-order valence-corrected chi connectivity index (χ3v) is 2.88. The smallest absolute Gasteiger partial charge is 0.103 e. The van der Waals surface area contributed by atoms with E-state index in [9.17, 15) is 0 Å². The van der Waals surface area contributed by atoms with Crippen molar-refractivity contribution in [3.63, 3.8) is 0 Å². The Labute approximate surface area is 78.7 Å². The maximum Gasteiger partial charge on any atom is 0.103 e. The predicted molar refractivity (Wildman–Crippen MR) is 52.4 cm³/mol. The zero-order chi connectivity index (χ0) is 9.26. The molecule has 0 aromatic carbocycles. The first-order valence-electron chi connectivity index (χ1n) is 5.06. The van der Waals surface area contributed by atoms with Gasteiger partial charge in [-0.25, -0.2) is 4.98 Å². The standard InChI is InChI=1S/C10H17N3/c1-7-12-9(6-11)10(13-7)8-4-2-3-5-8/h8H,2-6,11H2,1H3,(H,12,13). The van der Waals surface area contributed by atoms with Gasteiger partial charge in [0.25, 0.3) is 0 Å². The molecule has 13 heavy (non-hydrogen) atoms. The Morgan fingerprint density at radius 1 is 1.46 bits per heavy atom. The van der Waals surface area contributed by atoms with Gasteiger partial charge < -0.3 is 10.7 Å². The van der Waals surface area contributed by atoms with Crippen molar-refractivity contribution in [2.75, 3.05) is 0 Å². The number of nitrogens with two attached hydrogens (primary N) is 1. The van der Waals surface area contributed by atoms with Gasteiger partial charge in [0, 0.05) is 12.5 Å². The third-order valence-electron chi connectivity index (χ3n) is 2.88. The Balaban J connectivity index is 2.26. The second kappa shape index (κ2) is 3.50. The van der Waals surface area contributed by atoms with Gasteiger partial charge in [0.2, 0.25) is 0 Å². The van der Waals surface area contributed by atoms with E-state index >= 15 is 0 Å². The summed E-state index contributed by atoms with van der Waals surface area (Å²) in [6, 6.07) is 0. The van der Waals surface area contributed by atoms with Gasteiger partial charge >= 0.3 is 0 Å². The SMILES string of the molecule is Cc1nc(C2CCCC2)c(CN)[nH]1. The van der Waals surface area contributed by atoms with Gasteiger partial charge in [0.1, 0.15) is 5.82 Å². The summed E-state index contributed by atoms with van der Waals surface area (Å²) in [5.41, 5.74) is 8.04. The van der Waals surface area contributed by atoms with Crippen molar-refractivity contribution in [3.8, 4) is 0 Å². The summed E-state index contributed by atoms with van der Waals surface area (Å²) in [6.07, 6.45) is 5.27. The van der Waals surface area contributed by atoms with Crippen molar-refractivity contribution < 1.29 is 0 Å². The van der Waals surface area contributed by atoms with E-state index in [4.69, 9.17) is 5.73 Å². The Hall–Kier alpha value is -0.830. The first-order valence-corrected chi connectivity index (χ1v) is 5.06. The van der Waals surface area contributed by atoms with Crippen molar-refractivity contribution >= 4 is 0 Å². The molecule has 1 saturated carbocycles. The zero-order valence-corrected chi connectivity index (χ0v) is 8.14. The molecule has 1 aromatic rings. The highest BCUT2D eigenvalue weighted by Gasteiger charge is 2.22. The molecule has 3 heteroatoms. The normalized spacial score (nSPS) is 18.3. The number of H-pyrrole nitrogens is 1. The number of hydrogen-bond donors (Lipinski definition) is 2. The van der Waals surface area contributed by atoms with E-state index in [0.717, 1.165) is 11.5 Å². The van der Waals surface area contributed by atoms with Crippen molar-refractivity contribution in [3.05, 3.63) is 17.2 Å². The van der Waals surface area contributed by atoms with Crippen LogP contribution in [0.5, 0.6) is 0 Å². The van der Waals surface area contributed by atoms with Crippen LogP contribution < -0.4 is 5.73 Å². The molecule has 0 aliphatic heterocycles. The van der Waals surface area contributed by atoms with E-state index in [1.807, 2.05) is 6.92 Å². The molecule has 1 heterocycles. The van der Waals surface area contributed by atoms with Crippen LogP contribution in [0.2, 0.25) is 0 Å². The fourth-order valence-corrected chi connectivity index (χ4v) is 2.25. The molecule has 1 aliphatic rings. The summed E-state index contributed by atoms with van der Waals surface area (Å²) in [5, 5.41) is 0. The number of aryl methyl sites for hydroxylation is 1. The van der Waals surface area contributed by atoms with Crippen LogP contribution in [-0.4, -0.2) is 9.97 Å². The van der Waals surface area contributed by atoms with Crippen LogP contribution in [0.3, 0.4) is 0 Å². The maximum atomic E-state index is 5.66. The van der Waals surface area contributed by atoms with Crippen LogP contribution in [0.25, 0.3) is 0 Å². The van der Waals surface area contributed by atoms with Crippen molar-refractivity contribution in [1.29, 1.82) is 0 Å². The number of hydrogen-bond acceptors (Lipinski definition) is 2. The molecule has 3 N–H and O–H groups in total. The molecule has 0 unspecified atom stereocenters. The fraction of sp³-hybridized carbons (Fsp3) is 0.700. The van der Waals surface area contributed by atoms with Crippen LogP contribution in [0, 0.1) is 6.92 Å². The molecule has 0 amide bonds. The maximum absolute atomic E-state index is 5.66. The molecule has 2 rings (SSSR count). The van der Waals surface area contributed by atoms with Gasteiger partial charge in [0.15, 0.2) is 0 Å². The molecule has 1 aliphatic carbocycles. The zero-order valence-electron chi connectivity index (χ0n) is 8.14. The summed E-state index contributed by atoms with van der Waals surface area (Å²) in [5.74, 6) is 1.67. The number of rotatable bonds is 2. The Morgan fingerprint density at radius 2 is 2.15 bits per heavy atom. The highest BCUT2D eigenvalue weighted by Crippen LogP contribution is 2.34. The van der Waals surface area contributed by atoms with E-state index in [1.54, 1.807) is 0 Å². The minimum atomic E-state index is 0.590. The lowest BCUT2D eigenvalue weighted by molar-refractivity contribution is 0.689. The minimum absolute atomic E-state index is 0.590. The second-order valence-electron chi connectivity index (χ2n) is 3.87. The molecule has 0 atom stereocenters. The van der Waals surface area contributed by atoms with Crippen molar-refractivity contribution in [1.82, 2.24) is 9.97 Å². The van der Waals surface area contributed by atoms with Gasteiger partial charge in [-0.2, -0.15) is 0 Å². The van der Waals surface area contributed by atoms with Crippen molar-refractivity contribution in [2.45, 2.75) is 45.1 Å². The molecule has 0 spiro atoms. The summed E-state index contributed by atoms with van der Waals surface area (Å²) in [6.45, 7) is 2.59. The highest BCUT2D eigenvalue weighted by atomic mass is 14.9. The van der Waals surface area contributed by atoms with Crippen LogP contribution in [-0.2, 0) is 6.54 Å². The van der Waals surface area contributed by atoms with Gasteiger partial charge in [-0.1, -0.05) is 12.8 Å². The first kappa shape index (κ1) is 8.75. The van der Waals surface area contributed by atoms with E-state index < -0.39 is 0 Å². The lowest BCUT2D eigenvalue weighted by atomic mass is 10.0. The highest BCUT2D eigenvalue weighted by molar-refractivity contribution is 5.19. The first-order chi connectivity index (χ1) is 6.31. The van der Waals surface area contributed by atoms with Crippen LogP contribution >= 0.6 is 0 Å². The van der Waals surface area contributed by atoms with Crippen LogP contribution in [0.1, 0.15) is 48.8 Å². The van der Waals surface area contributed by atoms with E-state index in [0.29, 0.717) is 12.5 Å². The quantitative estimate of drug-likeness (QED) is 0.727. The van der Waals surface area contributed by atoms with Gasteiger partial charge in [-0.15, -0.1) is 0 Å². The topological polar surface area (TPSA) is 54.7 Å². The lowest BCUT2D eigenvalue weighted by Gasteiger charge is -2.06. The molecule has 0 bridgehead atoms. The number of imidazole rings is 1. The largest absolute Gasteiger partial charge is 0.345 e. The molecule has 1 fully saturated rings. The van der Waals surface area contributed by atoms with Crippen molar-refractivity contribution in [2.24, 2.45) is 5.73 Å². The Bertz CT molecular complexity index is 284. The van der Waals surface area contributed by atoms with Crippen LogP contribution in [0.15, 0.2) is 0 Å². The van der Waals surface area contributed by atoms with Gasteiger partial charge in [-0.05, 0) is 19.8 Å². The molecule has 1 aromatic heterocycles. The lowest BCUT2D eigenvalue weighted by Crippen LogP contribution is -2.03. The fourth-order valence-electron chi connectivity index (χ4n) is 2.25. The second-order valence-corrected chi connectivity index (χ2v) is 3.87. The number of aromatic nitrogens is 2.